The lowest BCUT2D eigenvalue weighted by molar-refractivity contribution is -0.118. The average molecular weight is 440 g/mol. The van der Waals surface area contributed by atoms with Crippen LogP contribution in [0.5, 0.6) is 5.88 Å². The normalized spacial score (nSPS) is 16.9. The molecule has 2 aliphatic rings. The molecule has 3 aromatic rings. The van der Waals surface area contributed by atoms with E-state index >= 15 is 0 Å². The molecule has 1 aliphatic carbocycles. The second kappa shape index (κ2) is 8.15. The molecule has 0 bridgehead atoms. The number of anilines is 1. The van der Waals surface area contributed by atoms with E-state index in [0.717, 1.165) is 29.7 Å². The predicted molar refractivity (Wildman–Crippen MR) is 110 cm³/mol. The third-order valence-electron chi connectivity index (χ3n) is 5.65. The highest BCUT2D eigenvalue weighted by Crippen LogP contribution is 2.26. The fourth-order valence-corrected chi connectivity index (χ4v) is 4.08. The van der Waals surface area contributed by atoms with Crippen molar-refractivity contribution >= 4 is 11.7 Å². The maximum Gasteiger partial charge on any atom is 0.425 e. The van der Waals surface area contributed by atoms with Gasteiger partial charge in [0.15, 0.2) is 18.2 Å². The van der Waals surface area contributed by atoms with Crippen molar-refractivity contribution in [3.8, 4) is 11.7 Å². The van der Waals surface area contributed by atoms with Gasteiger partial charge in [-0.3, -0.25) is 9.78 Å². The zero-order valence-electron chi connectivity index (χ0n) is 17.4. The van der Waals surface area contributed by atoms with E-state index < -0.39 is 5.76 Å². The van der Waals surface area contributed by atoms with Crippen molar-refractivity contribution in [1.29, 1.82) is 0 Å². The maximum atomic E-state index is 14.0. The number of rotatable bonds is 6. The molecule has 0 saturated carbocycles. The lowest BCUT2D eigenvalue weighted by Gasteiger charge is -2.15. The largest absolute Gasteiger partial charge is 0.465 e. The highest BCUT2D eigenvalue weighted by atomic mass is 19.1. The summed E-state index contributed by atoms with van der Waals surface area (Å²) in [6, 6.07) is 0.169. The summed E-state index contributed by atoms with van der Waals surface area (Å²) in [6.07, 6.45) is 6.92. The number of pyridine rings is 1. The molecular weight excluding hydrogens is 419 g/mol. The van der Waals surface area contributed by atoms with Crippen LogP contribution >= 0.6 is 0 Å². The second-order valence-electron chi connectivity index (χ2n) is 7.86. The number of nitrogens with one attached hydrogen (secondary N) is 2. The van der Waals surface area contributed by atoms with Gasteiger partial charge in [-0.05, 0) is 43.9 Å². The van der Waals surface area contributed by atoms with E-state index in [1.165, 1.54) is 17.0 Å². The van der Waals surface area contributed by atoms with Crippen LogP contribution in [0.1, 0.15) is 29.0 Å². The first-order chi connectivity index (χ1) is 15.5. The zero-order chi connectivity index (χ0) is 22.2. The summed E-state index contributed by atoms with van der Waals surface area (Å²) in [7, 11) is 0. The summed E-state index contributed by atoms with van der Waals surface area (Å²) in [5, 5.41) is 6.01. The first-order valence-corrected chi connectivity index (χ1v) is 10.4. The molecule has 1 unspecified atom stereocenters. The smallest absolute Gasteiger partial charge is 0.425 e. The number of carbonyl (C=O) groups is 1. The van der Waals surface area contributed by atoms with Gasteiger partial charge in [0.05, 0.1) is 18.6 Å². The monoisotopic (exact) mass is 440 g/mol. The molecule has 2 N–H and O–H groups in total. The Balaban J connectivity index is 1.18. The third-order valence-corrected chi connectivity index (χ3v) is 5.65. The van der Waals surface area contributed by atoms with E-state index in [1.54, 1.807) is 6.20 Å². The molecule has 32 heavy (non-hydrogen) atoms. The van der Waals surface area contributed by atoms with Gasteiger partial charge in [-0.25, -0.2) is 23.7 Å². The summed E-state index contributed by atoms with van der Waals surface area (Å²) >= 11 is 0. The van der Waals surface area contributed by atoms with Crippen molar-refractivity contribution in [2.75, 3.05) is 18.5 Å². The molecule has 5 rings (SSSR count). The Labute approximate surface area is 181 Å². The average Bonchev–Trinajstić information content (AvgIpc) is 3.38. The fourth-order valence-electron chi connectivity index (χ4n) is 4.08. The van der Waals surface area contributed by atoms with Gasteiger partial charge in [-0.1, -0.05) is 0 Å². The first kappa shape index (κ1) is 20.3. The van der Waals surface area contributed by atoms with Crippen LogP contribution in [-0.2, 0) is 24.1 Å². The number of ether oxygens (including phenoxy) is 1. The van der Waals surface area contributed by atoms with Crippen LogP contribution in [0.2, 0.25) is 0 Å². The minimum Gasteiger partial charge on any atom is -0.465 e. The number of aryl methyl sites for hydroxylation is 2. The van der Waals surface area contributed by atoms with Gasteiger partial charge in [0, 0.05) is 18.2 Å². The highest BCUT2D eigenvalue weighted by molar-refractivity contribution is 5.93. The molecule has 10 nitrogen and oxygen atoms in total. The number of halogens is 1. The molecule has 0 saturated heterocycles. The molecule has 0 radical (unpaired) electrons. The lowest BCUT2D eigenvalue weighted by atomic mass is 10.1. The molecule has 1 aliphatic heterocycles. The van der Waals surface area contributed by atoms with Gasteiger partial charge >= 0.3 is 5.76 Å². The van der Waals surface area contributed by atoms with Crippen LogP contribution in [-0.4, -0.2) is 44.6 Å². The Morgan fingerprint density at radius 2 is 2.09 bits per heavy atom. The number of nitrogens with zero attached hydrogens (tertiary/aromatic N) is 4. The minimum atomic E-state index is -0.588. The molecule has 4 heterocycles. The van der Waals surface area contributed by atoms with Crippen molar-refractivity contribution in [2.24, 2.45) is 0 Å². The van der Waals surface area contributed by atoms with Crippen molar-refractivity contribution in [3.63, 3.8) is 0 Å². The molecule has 0 spiro atoms. The van der Waals surface area contributed by atoms with Gasteiger partial charge < -0.3 is 19.8 Å². The summed E-state index contributed by atoms with van der Waals surface area (Å²) in [5.74, 6) is -0.0615. The summed E-state index contributed by atoms with van der Waals surface area (Å²) in [5.41, 5.74) is 2.63. The molecule has 0 fully saturated rings. The Hall–Kier alpha value is -3.60. The number of amides is 1. The van der Waals surface area contributed by atoms with Gasteiger partial charge in [-0.2, -0.15) is 0 Å². The second-order valence-corrected chi connectivity index (χ2v) is 7.86. The summed E-state index contributed by atoms with van der Waals surface area (Å²) < 4.78 is 25.7. The lowest BCUT2D eigenvalue weighted by Crippen LogP contribution is -2.30. The predicted octanol–water partition coefficient (Wildman–Crippen LogP) is 1.08. The van der Waals surface area contributed by atoms with Crippen LogP contribution in [0.15, 0.2) is 27.8 Å². The van der Waals surface area contributed by atoms with Crippen LogP contribution < -0.4 is 21.1 Å². The number of fused-ring (bicyclic) bond motifs is 2. The Bertz CT molecular complexity index is 1220. The number of hydrogen-bond donors (Lipinski definition) is 2. The molecule has 1 amide bonds. The van der Waals surface area contributed by atoms with Gasteiger partial charge in [0.2, 0.25) is 0 Å². The Morgan fingerprint density at radius 3 is 2.94 bits per heavy atom. The van der Waals surface area contributed by atoms with Crippen molar-refractivity contribution in [2.45, 2.75) is 38.6 Å². The number of oxazole rings is 1. The van der Waals surface area contributed by atoms with Crippen molar-refractivity contribution in [3.05, 3.63) is 57.5 Å². The Morgan fingerprint density at radius 1 is 1.25 bits per heavy atom. The number of hydrogen-bond acceptors (Lipinski definition) is 8. The minimum absolute atomic E-state index is 0.122. The number of carbonyl (C=O) groups excluding carboxylic acids is 1. The van der Waals surface area contributed by atoms with Crippen molar-refractivity contribution in [1.82, 2.24) is 24.8 Å². The molecule has 11 heteroatoms. The topological polar surface area (TPSA) is 124 Å². The molecule has 1 atom stereocenters. The standard InChI is InChI=1S/C21H21FN6O4/c1-11-14-5-12(6-15(14)16(22)7-24-11)23-4-2-3-13-9-28(21(30)32-13)17-8-25-20-19(26-17)27-18(29)10-31-20/h7-9,12,23H,2-6,10H2,1H3,(H,26,27,29). The van der Waals surface area contributed by atoms with E-state index in [-0.39, 0.29) is 41.9 Å². The fraction of sp³-hybridized carbons (Fsp3) is 0.381. The van der Waals surface area contributed by atoms with Crippen molar-refractivity contribution < 1.29 is 18.3 Å². The van der Waals surface area contributed by atoms with Crippen LogP contribution in [0.3, 0.4) is 0 Å². The summed E-state index contributed by atoms with van der Waals surface area (Å²) in [4.78, 5) is 36.1. The maximum absolute atomic E-state index is 14.0. The number of aromatic nitrogens is 4. The van der Waals surface area contributed by atoms with E-state index in [2.05, 4.69) is 25.6 Å². The van der Waals surface area contributed by atoms with E-state index in [9.17, 15) is 14.0 Å². The van der Waals surface area contributed by atoms with Gasteiger partial charge in [0.1, 0.15) is 11.6 Å². The molecule has 0 aromatic carbocycles. The van der Waals surface area contributed by atoms with E-state index in [4.69, 9.17) is 9.15 Å². The molecule has 166 valence electrons. The van der Waals surface area contributed by atoms with E-state index in [1.807, 2.05) is 6.92 Å². The van der Waals surface area contributed by atoms with Crippen LogP contribution in [0, 0.1) is 12.7 Å². The first-order valence-electron chi connectivity index (χ1n) is 10.4. The quantitative estimate of drug-likeness (QED) is 0.546. The van der Waals surface area contributed by atoms with Crippen LogP contribution in [0.4, 0.5) is 10.2 Å². The molecule has 3 aromatic heterocycles. The van der Waals surface area contributed by atoms with Gasteiger partial charge in [-0.15, -0.1) is 0 Å². The van der Waals surface area contributed by atoms with E-state index in [0.29, 0.717) is 25.1 Å². The zero-order valence-corrected chi connectivity index (χ0v) is 17.4. The third kappa shape index (κ3) is 3.86. The van der Waals surface area contributed by atoms with Crippen LogP contribution in [0.25, 0.3) is 5.82 Å². The summed E-state index contributed by atoms with van der Waals surface area (Å²) in [6.45, 7) is 2.48. The van der Waals surface area contributed by atoms with Gasteiger partial charge in [0.25, 0.3) is 11.8 Å². The SMILES string of the molecule is Cc1ncc(F)c2c1CC(NCCCc1cn(-c3cnc4c(n3)NC(=O)CO4)c(=O)o1)C2. The Kier molecular flexibility index (Phi) is 5.17. The molecular formula is C21H21FN6O4. The highest BCUT2D eigenvalue weighted by Gasteiger charge is 2.26.